The molecular formula is C45H60ClF3N5O8PS. The lowest BCUT2D eigenvalue weighted by Gasteiger charge is -2.30. The maximum absolute atomic E-state index is 14.9. The molecule has 4 aliphatic rings. The predicted octanol–water partition coefficient (Wildman–Crippen LogP) is 9.57. The number of benzene rings is 1. The quantitative estimate of drug-likeness (QED) is 0.0796. The first-order valence-electron chi connectivity index (χ1n) is 22.7. The first-order chi connectivity index (χ1) is 30.5. The van der Waals surface area contributed by atoms with E-state index in [1.807, 2.05) is 19.2 Å². The molecule has 0 radical (unpaired) electrons. The summed E-state index contributed by atoms with van der Waals surface area (Å²) in [6, 6.07) is 4.31. The summed E-state index contributed by atoms with van der Waals surface area (Å²) in [5, 5.41) is 7.61. The lowest BCUT2D eigenvalue weighted by atomic mass is 9.94. The van der Waals surface area contributed by atoms with Gasteiger partial charge in [0.25, 0.3) is 0 Å². The van der Waals surface area contributed by atoms with Crippen molar-refractivity contribution in [3.8, 4) is 22.9 Å². The number of ether oxygens (including phenoxy) is 3. The summed E-state index contributed by atoms with van der Waals surface area (Å²) in [4.78, 5) is 65.9. The number of hydrogen-bond acceptors (Lipinski definition) is 12. The van der Waals surface area contributed by atoms with Gasteiger partial charge in [0.1, 0.15) is 34.4 Å². The van der Waals surface area contributed by atoms with E-state index in [-0.39, 0.29) is 61.3 Å². The molecule has 352 valence electrons. The van der Waals surface area contributed by atoms with Gasteiger partial charge in [-0.3, -0.25) is 18.9 Å². The van der Waals surface area contributed by atoms with Gasteiger partial charge >= 0.3 is 12.1 Å². The molecule has 3 aromatic rings. The van der Waals surface area contributed by atoms with Gasteiger partial charge in [0, 0.05) is 54.3 Å². The minimum absolute atomic E-state index is 0.0137. The van der Waals surface area contributed by atoms with Crippen LogP contribution < -0.4 is 20.1 Å². The summed E-state index contributed by atoms with van der Waals surface area (Å²) >= 11 is 8.28. The summed E-state index contributed by atoms with van der Waals surface area (Å²) in [6.45, 7) is 2.36. The average Bonchev–Trinajstić information content (AvgIpc) is 3.65. The summed E-state index contributed by atoms with van der Waals surface area (Å²) in [7, 11) is -2.69. The zero-order valence-corrected chi connectivity index (χ0v) is 39.2. The van der Waals surface area contributed by atoms with Crippen molar-refractivity contribution in [1.82, 2.24) is 20.2 Å². The smallest absolute Gasteiger partial charge is 0.401 e. The second kappa shape index (κ2) is 20.6. The SMILES string of the molecule is COc1ccc2c(O[C@@H]3C[C@H]4C(=O)C[C@]5(P(=O)(O)CCNCC(F)(F)F)C[C@@H]5CCCCCCC[C@H](CC(=O)OC5CCCC5)C(=O)N4C3)cc(-c3csc(NC(C)C)n3)nc2c1Cl. The van der Waals surface area contributed by atoms with Crippen LogP contribution in [0.2, 0.25) is 5.02 Å². The zero-order chi connectivity index (χ0) is 45.8. The highest BCUT2D eigenvalue weighted by molar-refractivity contribution is 7.60. The van der Waals surface area contributed by atoms with Crippen LogP contribution in [0.1, 0.15) is 110 Å². The molecule has 2 saturated carbocycles. The number of alkyl halides is 3. The number of aromatic nitrogens is 2. The number of esters is 1. The van der Waals surface area contributed by atoms with E-state index in [1.165, 1.54) is 23.3 Å². The lowest BCUT2D eigenvalue weighted by molar-refractivity contribution is -0.154. The van der Waals surface area contributed by atoms with E-state index < -0.39 is 61.2 Å². The summed E-state index contributed by atoms with van der Waals surface area (Å²) in [5.74, 6) is -1.50. The van der Waals surface area contributed by atoms with Crippen molar-refractivity contribution in [3.63, 3.8) is 0 Å². The van der Waals surface area contributed by atoms with Crippen molar-refractivity contribution in [1.29, 1.82) is 0 Å². The molecule has 6 atom stereocenters. The molecular weight excluding hydrogens is 894 g/mol. The molecule has 4 fully saturated rings. The van der Waals surface area contributed by atoms with Gasteiger partial charge in [0.05, 0.1) is 49.0 Å². The number of halogens is 4. The minimum Gasteiger partial charge on any atom is -0.495 e. The van der Waals surface area contributed by atoms with Gasteiger partial charge < -0.3 is 34.6 Å². The number of rotatable bonds is 14. The molecule has 64 heavy (non-hydrogen) atoms. The van der Waals surface area contributed by atoms with Crippen LogP contribution in [0.15, 0.2) is 23.6 Å². The summed E-state index contributed by atoms with van der Waals surface area (Å²) in [6.07, 6.45) is 2.59. The molecule has 4 heterocycles. The number of amides is 1. The maximum Gasteiger partial charge on any atom is 0.401 e. The molecule has 7 rings (SSSR count). The van der Waals surface area contributed by atoms with Gasteiger partial charge in [-0.2, -0.15) is 13.2 Å². The number of methoxy groups -OCH3 is 1. The molecule has 3 N–H and O–H groups in total. The Labute approximate surface area is 381 Å². The Morgan fingerprint density at radius 2 is 1.75 bits per heavy atom. The standard InChI is InChI=1S/C45H60ClF3N5O8PS/c1-27(2)51-43-53-34(25-64-43)33-21-38(32-15-16-37(60-3)40(46)41(32)52-33)61-31-20-35-36(55)23-44(63(58,59)18-17-50-26-45(47,48)49)22-29(44)12-8-6-4-5-7-11-28(42(57)54(35)24-31)19-39(56)62-30-13-9-10-14-30/h15-16,21,25,27-31,35,50H,4-14,17-20,22-24,26H2,1-3H3,(H,51,53)(H,58,59)/t28-,29+,31-,35+,44-/m1/s1. The van der Waals surface area contributed by atoms with Crippen LogP contribution in [0.5, 0.6) is 11.5 Å². The van der Waals surface area contributed by atoms with Gasteiger partial charge in [-0.15, -0.1) is 11.3 Å². The highest BCUT2D eigenvalue weighted by atomic mass is 35.5. The Bertz CT molecular complexity index is 2210. The van der Waals surface area contributed by atoms with E-state index in [0.717, 1.165) is 51.4 Å². The van der Waals surface area contributed by atoms with Crippen molar-refractivity contribution in [3.05, 3.63) is 28.6 Å². The second-order valence-electron chi connectivity index (χ2n) is 18.3. The Kier molecular flexibility index (Phi) is 15.6. The molecule has 0 spiro atoms. The van der Waals surface area contributed by atoms with Gasteiger partial charge in [0.2, 0.25) is 13.3 Å². The number of hydrogen-bond donors (Lipinski definition) is 3. The maximum atomic E-state index is 14.9. The first-order valence-corrected chi connectivity index (χ1v) is 25.8. The molecule has 1 unspecified atom stereocenters. The van der Waals surface area contributed by atoms with Crippen LogP contribution in [-0.4, -0.2) is 106 Å². The molecule has 2 aromatic heterocycles. The van der Waals surface area contributed by atoms with Crippen LogP contribution in [0.4, 0.5) is 18.3 Å². The van der Waals surface area contributed by atoms with E-state index >= 15 is 0 Å². The molecule has 1 aromatic carbocycles. The van der Waals surface area contributed by atoms with Crippen molar-refractivity contribution in [2.24, 2.45) is 11.8 Å². The molecule has 2 aliphatic heterocycles. The third kappa shape index (κ3) is 11.5. The molecule has 19 heteroatoms. The number of nitrogens with one attached hydrogen (secondary N) is 2. The Balaban J connectivity index is 1.21. The van der Waals surface area contributed by atoms with Crippen LogP contribution in [0, 0.1) is 11.8 Å². The number of thiazole rings is 1. The third-order valence-electron chi connectivity index (χ3n) is 13.2. The van der Waals surface area contributed by atoms with E-state index in [0.29, 0.717) is 64.6 Å². The molecule has 2 aliphatic carbocycles. The van der Waals surface area contributed by atoms with Crippen molar-refractivity contribution < 1.29 is 51.2 Å². The monoisotopic (exact) mass is 953 g/mol. The topological polar surface area (TPSA) is 169 Å². The average molecular weight is 954 g/mol. The summed E-state index contributed by atoms with van der Waals surface area (Å²) in [5.41, 5.74) is 1.43. The predicted molar refractivity (Wildman–Crippen MR) is 241 cm³/mol. The van der Waals surface area contributed by atoms with Crippen LogP contribution in [-0.2, 0) is 23.7 Å². The largest absolute Gasteiger partial charge is 0.495 e. The van der Waals surface area contributed by atoms with E-state index in [1.54, 1.807) is 18.2 Å². The molecule has 1 amide bonds. The normalized spacial score (nSPS) is 25.9. The van der Waals surface area contributed by atoms with Gasteiger partial charge in [-0.1, -0.05) is 43.7 Å². The molecule has 0 bridgehead atoms. The Hall–Kier alpha value is -3.50. The third-order valence-corrected chi connectivity index (χ3v) is 17.3. The van der Waals surface area contributed by atoms with E-state index in [4.69, 9.17) is 35.8 Å². The van der Waals surface area contributed by atoms with Crippen LogP contribution in [0.3, 0.4) is 0 Å². The van der Waals surface area contributed by atoms with Crippen LogP contribution >= 0.6 is 30.3 Å². The number of carbonyl (C=O) groups is 3. The van der Waals surface area contributed by atoms with E-state index in [9.17, 15) is 37.0 Å². The fourth-order valence-electron chi connectivity index (χ4n) is 9.82. The lowest BCUT2D eigenvalue weighted by Crippen LogP contribution is -2.45. The van der Waals surface area contributed by atoms with Crippen molar-refractivity contribution in [2.75, 3.05) is 38.2 Å². The zero-order valence-electron chi connectivity index (χ0n) is 36.7. The number of fused-ring (bicyclic) bond motifs is 3. The van der Waals surface area contributed by atoms with Gasteiger partial charge in [-0.05, 0) is 76.8 Å². The number of carbonyl (C=O) groups excluding carboxylic acids is 3. The fraction of sp³-hybridized carbons (Fsp3) is 0.667. The number of pyridine rings is 1. The molecule has 2 saturated heterocycles. The number of Topliss-reactive ketones (excluding diaryl/α,β-unsaturated/α-hetero) is 1. The highest BCUT2D eigenvalue weighted by Gasteiger charge is 2.65. The Morgan fingerprint density at radius 1 is 1.03 bits per heavy atom. The molecule has 13 nitrogen and oxygen atoms in total. The minimum atomic E-state index is -4.49. The number of nitrogens with zero attached hydrogens (tertiary/aromatic N) is 3. The van der Waals surface area contributed by atoms with Gasteiger partial charge in [0.15, 0.2) is 10.9 Å². The summed E-state index contributed by atoms with van der Waals surface area (Å²) < 4.78 is 71.3. The van der Waals surface area contributed by atoms with Crippen molar-refractivity contribution in [2.45, 2.75) is 146 Å². The van der Waals surface area contributed by atoms with Crippen LogP contribution in [0.25, 0.3) is 22.3 Å². The fourth-order valence-corrected chi connectivity index (χ4v) is 13.5. The number of ketones is 1. The van der Waals surface area contributed by atoms with E-state index in [2.05, 4.69) is 10.6 Å². The highest BCUT2D eigenvalue weighted by Crippen LogP contribution is 2.73. The Morgan fingerprint density at radius 3 is 2.47 bits per heavy atom. The second-order valence-corrected chi connectivity index (χ2v) is 22.3. The van der Waals surface area contributed by atoms with Crippen molar-refractivity contribution >= 4 is 64.0 Å². The van der Waals surface area contributed by atoms with Gasteiger partial charge in [-0.25, -0.2) is 9.97 Å². The first kappa shape index (κ1) is 48.4. The number of anilines is 1.